The van der Waals surface area contributed by atoms with E-state index in [4.69, 9.17) is 23.2 Å². The molecule has 0 saturated carbocycles. The van der Waals surface area contributed by atoms with E-state index in [2.05, 4.69) is 10.6 Å². The molecule has 1 atom stereocenters. The molecule has 2 aromatic rings. The minimum atomic E-state index is -0.505. The van der Waals surface area contributed by atoms with Crippen molar-refractivity contribution in [2.24, 2.45) is 0 Å². The molecule has 1 unspecified atom stereocenters. The van der Waals surface area contributed by atoms with Crippen molar-refractivity contribution < 1.29 is 9.59 Å². The molecule has 2 amide bonds. The maximum absolute atomic E-state index is 12.4. The smallest absolute Gasteiger partial charge is 0.246 e. The largest absolute Gasteiger partial charge is 0.374 e. The summed E-state index contributed by atoms with van der Waals surface area (Å²) in [6.45, 7) is 2.48. The first-order valence-corrected chi connectivity index (χ1v) is 9.13. The van der Waals surface area contributed by atoms with Crippen molar-refractivity contribution in [3.8, 4) is 0 Å². The van der Waals surface area contributed by atoms with Crippen LogP contribution in [0.25, 0.3) is 0 Å². The fourth-order valence-corrected chi connectivity index (χ4v) is 3.19. The van der Waals surface area contributed by atoms with Gasteiger partial charge in [-0.05, 0) is 43.7 Å². The Kier molecular flexibility index (Phi) is 5.69. The van der Waals surface area contributed by atoms with Crippen molar-refractivity contribution in [3.05, 3.63) is 52.5 Å². The molecule has 0 radical (unpaired) electrons. The van der Waals surface area contributed by atoms with Gasteiger partial charge in [-0.3, -0.25) is 9.59 Å². The number of rotatable bonds is 5. The van der Waals surface area contributed by atoms with Crippen molar-refractivity contribution in [1.82, 2.24) is 0 Å². The van der Waals surface area contributed by atoms with Gasteiger partial charge in [0.1, 0.15) is 6.04 Å². The van der Waals surface area contributed by atoms with E-state index in [1.807, 2.05) is 24.3 Å². The molecule has 26 heavy (non-hydrogen) atoms. The summed E-state index contributed by atoms with van der Waals surface area (Å²) in [5.74, 6) is -0.111. The third kappa shape index (κ3) is 4.11. The van der Waals surface area contributed by atoms with Crippen molar-refractivity contribution in [2.45, 2.75) is 25.8 Å². The Morgan fingerprint density at radius 3 is 2.69 bits per heavy atom. The predicted molar refractivity (Wildman–Crippen MR) is 106 cm³/mol. The number of hydrogen-bond donors (Lipinski definition) is 2. The van der Waals surface area contributed by atoms with Crippen LogP contribution in [0, 0.1) is 0 Å². The normalized spacial score (nSPS) is 15.0. The van der Waals surface area contributed by atoms with Gasteiger partial charge in [0.2, 0.25) is 11.8 Å². The molecule has 3 rings (SSSR count). The van der Waals surface area contributed by atoms with Crippen LogP contribution < -0.4 is 15.5 Å². The van der Waals surface area contributed by atoms with Crippen molar-refractivity contribution in [3.63, 3.8) is 0 Å². The third-order valence-electron chi connectivity index (χ3n) is 4.22. The minimum Gasteiger partial charge on any atom is -0.374 e. The van der Waals surface area contributed by atoms with Gasteiger partial charge in [0.05, 0.1) is 15.7 Å². The lowest BCUT2D eigenvalue weighted by Gasteiger charge is -2.19. The molecular formula is C19H19Cl2N3O2. The highest BCUT2D eigenvalue weighted by atomic mass is 35.5. The Hall–Kier alpha value is -2.24. The van der Waals surface area contributed by atoms with Crippen molar-refractivity contribution in [1.29, 1.82) is 0 Å². The number of benzene rings is 2. The molecule has 0 aromatic heterocycles. The molecule has 7 heteroatoms. The molecule has 0 aliphatic carbocycles. The zero-order valence-corrected chi connectivity index (χ0v) is 15.8. The van der Waals surface area contributed by atoms with Gasteiger partial charge in [0.15, 0.2) is 0 Å². The molecule has 1 aliphatic rings. The molecule has 2 N–H and O–H groups in total. The fourth-order valence-electron chi connectivity index (χ4n) is 2.84. The lowest BCUT2D eigenvalue weighted by Crippen LogP contribution is -2.32. The molecule has 1 heterocycles. The highest BCUT2D eigenvalue weighted by molar-refractivity contribution is 6.44. The van der Waals surface area contributed by atoms with Crippen LogP contribution in [-0.2, 0) is 9.59 Å². The summed E-state index contributed by atoms with van der Waals surface area (Å²) >= 11 is 12.1. The van der Waals surface area contributed by atoms with Gasteiger partial charge in [-0.1, -0.05) is 35.3 Å². The van der Waals surface area contributed by atoms with Crippen LogP contribution in [0.3, 0.4) is 0 Å². The average Bonchev–Trinajstić information content (AvgIpc) is 3.05. The second-order valence-electron chi connectivity index (χ2n) is 6.16. The topological polar surface area (TPSA) is 61.4 Å². The highest BCUT2D eigenvalue weighted by Crippen LogP contribution is 2.30. The first-order chi connectivity index (χ1) is 12.5. The molecule has 0 bridgehead atoms. The number of nitrogens with one attached hydrogen (secondary N) is 2. The van der Waals surface area contributed by atoms with Gasteiger partial charge in [-0.15, -0.1) is 0 Å². The number of carbonyl (C=O) groups is 2. The van der Waals surface area contributed by atoms with Crippen LogP contribution in [0.1, 0.15) is 19.8 Å². The Morgan fingerprint density at radius 2 is 1.96 bits per heavy atom. The van der Waals surface area contributed by atoms with E-state index < -0.39 is 6.04 Å². The predicted octanol–water partition coefficient (Wildman–Crippen LogP) is 4.56. The van der Waals surface area contributed by atoms with E-state index in [-0.39, 0.29) is 11.8 Å². The minimum absolute atomic E-state index is 0.128. The standard InChI is InChI=1S/C19H19Cl2N3O2/c1-12(19(26)23-16-8-3-7-15(20)18(16)21)22-13-5-2-6-14(11-13)24-10-4-9-17(24)25/h2-3,5-8,11-12,22H,4,9-10H2,1H3,(H,23,26). The summed E-state index contributed by atoms with van der Waals surface area (Å²) < 4.78 is 0. The van der Waals surface area contributed by atoms with Crippen molar-refractivity contribution >= 4 is 52.1 Å². The molecule has 136 valence electrons. The SMILES string of the molecule is CC(Nc1cccc(N2CCCC2=O)c1)C(=O)Nc1cccc(Cl)c1Cl. The van der Waals surface area contributed by atoms with Gasteiger partial charge < -0.3 is 15.5 Å². The lowest BCUT2D eigenvalue weighted by atomic mass is 10.2. The summed E-state index contributed by atoms with van der Waals surface area (Å²) in [5, 5.41) is 6.61. The first-order valence-electron chi connectivity index (χ1n) is 8.37. The third-order valence-corrected chi connectivity index (χ3v) is 5.04. The van der Waals surface area contributed by atoms with E-state index >= 15 is 0 Å². The molecule has 0 spiro atoms. The zero-order chi connectivity index (χ0) is 18.7. The second-order valence-corrected chi connectivity index (χ2v) is 6.94. The Balaban J connectivity index is 1.67. The van der Waals surface area contributed by atoms with E-state index in [1.54, 1.807) is 30.0 Å². The van der Waals surface area contributed by atoms with Crippen molar-refractivity contribution in [2.75, 3.05) is 22.1 Å². The number of halogens is 2. The monoisotopic (exact) mass is 391 g/mol. The van der Waals surface area contributed by atoms with E-state index in [9.17, 15) is 9.59 Å². The van der Waals surface area contributed by atoms with Crippen LogP contribution in [-0.4, -0.2) is 24.4 Å². The van der Waals surface area contributed by atoms with Crippen LogP contribution in [0.15, 0.2) is 42.5 Å². The number of carbonyl (C=O) groups excluding carboxylic acids is 2. The molecule has 1 saturated heterocycles. The average molecular weight is 392 g/mol. The number of amides is 2. The first kappa shape index (κ1) is 18.5. The van der Waals surface area contributed by atoms with Gasteiger partial charge in [0.25, 0.3) is 0 Å². The van der Waals surface area contributed by atoms with E-state index in [1.165, 1.54) is 0 Å². The summed E-state index contributed by atoms with van der Waals surface area (Å²) in [5.41, 5.74) is 2.07. The maximum atomic E-state index is 12.4. The van der Waals surface area contributed by atoms with Gasteiger partial charge in [0, 0.05) is 24.3 Å². The lowest BCUT2D eigenvalue weighted by molar-refractivity contribution is -0.117. The number of anilines is 3. The van der Waals surface area contributed by atoms with E-state index in [0.29, 0.717) is 22.2 Å². The summed E-state index contributed by atoms with van der Waals surface area (Å²) in [4.78, 5) is 26.1. The Bertz CT molecular complexity index is 841. The molecular weight excluding hydrogens is 373 g/mol. The highest BCUT2D eigenvalue weighted by Gasteiger charge is 2.22. The number of hydrogen-bond acceptors (Lipinski definition) is 3. The quantitative estimate of drug-likeness (QED) is 0.784. The second kappa shape index (κ2) is 7.98. The van der Waals surface area contributed by atoms with Gasteiger partial charge in [-0.25, -0.2) is 0 Å². The Labute approximate surface area is 162 Å². The van der Waals surface area contributed by atoms with Crippen LogP contribution in [0.5, 0.6) is 0 Å². The Morgan fingerprint density at radius 1 is 1.19 bits per heavy atom. The molecule has 2 aromatic carbocycles. The maximum Gasteiger partial charge on any atom is 0.246 e. The molecule has 1 fully saturated rings. The summed E-state index contributed by atoms with van der Waals surface area (Å²) in [6, 6.07) is 12.1. The van der Waals surface area contributed by atoms with Crippen LogP contribution in [0.4, 0.5) is 17.1 Å². The summed E-state index contributed by atoms with van der Waals surface area (Å²) in [7, 11) is 0. The fraction of sp³-hybridized carbons (Fsp3) is 0.263. The van der Waals surface area contributed by atoms with Gasteiger partial charge in [-0.2, -0.15) is 0 Å². The molecule has 1 aliphatic heterocycles. The zero-order valence-electron chi connectivity index (χ0n) is 14.3. The van der Waals surface area contributed by atoms with Crippen LogP contribution >= 0.6 is 23.2 Å². The van der Waals surface area contributed by atoms with Gasteiger partial charge >= 0.3 is 0 Å². The van der Waals surface area contributed by atoms with E-state index in [0.717, 1.165) is 24.3 Å². The summed E-state index contributed by atoms with van der Waals surface area (Å²) in [6.07, 6.45) is 1.45. The van der Waals surface area contributed by atoms with Crippen LogP contribution in [0.2, 0.25) is 10.0 Å². The number of nitrogens with zero attached hydrogens (tertiary/aromatic N) is 1. The molecule has 5 nitrogen and oxygen atoms in total.